The van der Waals surface area contributed by atoms with Gasteiger partial charge in [0.1, 0.15) is 11.5 Å². The first-order valence-electron chi connectivity index (χ1n) is 8.78. The molecule has 0 aromatic carbocycles. The molecule has 1 N–H and O–H groups in total. The summed E-state index contributed by atoms with van der Waals surface area (Å²) in [6, 6.07) is 2.99. The number of rotatable bonds is 11. The number of hydrogen-bond donors (Lipinski definition) is 1. The van der Waals surface area contributed by atoms with E-state index in [1.165, 1.54) is 6.26 Å². The van der Waals surface area contributed by atoms with Crippen LogP contribution >= 0.6 is 0 Å². The van der Waals surface area contributed by atoms with E-state index in [2.05, 4.69) is 24.1 Å². The summed E-state index contributed by atoms with van der Waals surface area (Å²) in [5, 5.41) is 2.88. The third-order valence-corrected chi connectivity index (χ3v) is 5.60. The molecule has 1 aromatic heterocycles. The third-order valence-electron chi connectivity index (χ3n) is 4.07. The van der Waals surface area contributed by atoms with Gasteiger partial charge >= 0.3 is 6.03 Å². The molecule has 0 radical (unpaired) electrons. The molecule has 7 nitrogen and oxygen atoms in total. The van der Waals surface area contributed by atoms with E-state index in [1.807, 2.05) is 13.8 Å². The van der Waals surface area contributed by atoms with Gasteiger partial charge in [0.2, 0.25) is 0 Å². The molecule has 0 fully saturated rings. The first-order chi connectivity index (χ1) is 11.8. The van der Waals surface area contributed by atoms with Gasteiger partial charge in [0.05, 0.1) is 12.0 Å². The molecule has 2 amide bonds. The van der Waals surface area contributed by atoms with Gasteiger partial charge in [-0.05, 0) is 39.1 Å². The summed E-state index contributed by atoms with van der Waals surface area (Å²) in [7, 11) is -3.33. The summed E-state index contributed by atoms with van der Waals surface area (Å²) in [6.07, 6.45) is 1.45. The van der Waals surface area contributed by atoms with Gasteiger partial charge in [-0.2, -0.15) is 0 Å². The van der Waals surface area contributed by atoms with E-state index in [-0.39, 0.29) is 30.1 Å². The van der Waals surface area contributed by atoms with Crippen LogP contribution in [0, 0.1) is 0 Å². The van der Waals surface area contributed by atoms with Gasteiger partial charge in [-0.15, -0.1) is 0 Å². The van der Waals surface area contributed by atoms with Crippen molar-refractivity contribution in [2.45, 2.75) is 39.5 Å². The van der Waals surface area contributed by atoms with Crippen molar-refractivity contribution in [3.8, 4) is 0 Å². The van der Waals surface area contributed by atoms with Crippen molar-refractivity contribution in [1.82, 2.24) is 15.1 Å². The standard InChI is InChI=1S/C17H31N3O4S/c1-5-19(6-2)10-9-18-17(21)20(15(3)4)11-13-25(22,23)14-16-8-7-12-24-16/h7-8,12,15H,5-6,9-11,13-14H2,1-4H3,(H,18,21). The summed E-state index contributed by atoms with van der Waals surface area (Å²) in [5.74, 6) is 0.185. The van der Waals surface area contributed by atoms with E-state index in [0.717, 1.165) is 19.6 Å². The van der Waals surface area contributed by atoms with Gasteiger partial charge in [0, 0.05) is 25.7 Å². The number of carbonyl (C=O) groups excluding carboxylic acids is 1. The highest BCUT2D eigenvalue weighted by molar-refractivity contribution is 7.90. The van der Waals surface area contributed by atoms with Crippen LogP contribution in [0.15, 0.2) is 22.8 Å². The van der Waals surface area contributed by atoms with Crippen molar-refractivity contribution in [2.75, 3.05) is 38.5 Å². The summed E-state index contributed by atoms with van der Waals surface area (Å²) >= 11 is 0. The minimum atomic E-state index is -3.33. The predicted octanol–water partition coefficient (Wildman–Crippen LogP) is 1.96. The Balaban J connectivity index is 2.51. The maximum Gasteiger partial charge on any atom is 0.317 e. The van der Waals surface area contributed by atoms with Crippen molar-refractivity contribution in [3.63, 3.8) is 0 Å². The maximum atomic E-state index is 12.4. The van der Waals surface area contributed by atoms with E-state index in [9.17, 15) is 13.2 Å². The fourth-order valence-electron chi connectivity index (χ4n) is 2.48. The van der Waals surface area contributed by atoms with Crippen LogP contribution in [0.1, 0.15) is 33.5 Å². The lowest BCUT2D eigenvalue weighted by atomic mass is 10.3. The van der Waals surface area contributed by atoms with Crippen LogP contribution in [-0.2, 0) is 15.6 Å². The summed E-state index contributed by atoms with van der Waals surface area (Å²) in [6.45, 7) is 11.3. The molecule has 0 unspecified atom stereocenters. The fourth-order valence-corrected chi connectivity index (χ4v) is 3.69. The Labute approximate surface area is 151 Å². The number of nitrogens with one attached hydrogen (secondary N) is 1. The zero-order valence-corrected chi connectivity index (χ0v) is 16.5. The van der Waals surface area contributed by atoms with Gasteiger partial charge in [0.25, 0.3) is 0 Å². The number of amides is 2. The van der Waals surface area contributed by atoms with Gasteiger partial charge in [-0.25, -0.2) is 13.2 Å². The monoisotopic (exact) mass is 373 g/mol. The topological polar surface area (TPSA) is 82.9 Å². The quantitative estimate of drug-likeness (QED) is 0.641. The molecule has 25 heavy (non-hydrogen) atoms. The fraction of sp³-hybridized carbons (Fsp3) is 0.706. The van der Waals surface area contributed by atoms with Crippen molar-refractivity contribution in [2.24, 2.45) is 0 Å². The predicted molar refractivity (Wildman–Crippen MR) is 99.2 cm³/mol. The highest BCUT2D eigenvalue weighted by atomic mass is 32.2. The number of urea groups is 1. The van der Waals surface area contributed by atoms with Crippen LogP contribution in [0.4, 0.5) is 4.79 Å². The molecule has 0 bridgehead atoms. The maximum absolute atomic E-state index is 12.4. The number of furan rings is 1. The molecular formula is C17H31N3O4S. The highest BCUT2D eigenvalue weighted by Gasteiger charge is 2.21. The summed E-state index contributed by atoms with van der Waals surface area (Å²) in [4.78, 5) is 16.1. The minimum Gasteiger partial charge on any atom is -0.468 e. The van der Waals surface area contributed by atoms with E-state index in [4.69, 9.17) is 4.42 Å². The second kappa shape index (κ2) is 10.5. The first kappa shape index (κ1) is 21.5. The molecule has 1 rings (SSSR count). The Hall–Kier alpha value is -1.54. The smallest absolute Gasteiger partial charge is 0.317 e. The third kappa shape index (κ3) is 7.92. The van der Waals surface area contributed by atoms with Crippen LogP contribution in [0.25, 0.3) is 0 Å². The first-order valence-corrected chi connectivity index (χ1v) is 10.6. The molecule has 0 aliphatic carbocycles. The van der Waals surface area contributed by atoms with Gasteiger partial charge in [-0.1, -0.05) is 13.8 Å². The number of likely N-dealkylation sites (N-methyl/N-ethyl adjacent to an activating group) is 1. The van der Waals surface area contributed by atoms with Crippen LogP contribution in [0.2, 0.25) is 0 Å². The van der Waals surface area contributed by atoms with Crippen molar-refractivity contribution in [3.05, 3.63) is 24.2 Å². The molecule has 1 heterocycles. The molecule has 0 spiro atoms. The van der Waals surface area contributed by atoms with Crippen LogP contribution < -0.4 is 5.32 Å². The molecule has 8 heteroatoms. The summed E-state index contributed by atoms with van der Waals surface area (Å²) in [5.41, 5.74) is 0. The molecule has 144 valence electrons. The Morgan fingerprint density at radius 1 is 1.24 bits per heavy atom. The van der Waals surface area contributed by atoms with Crippen molar-refractivity contribution < 1.29 is 17.6 Å². The number of hydrogen-bond acceptors (Lipinski definition) is 5. The van der Waals surface area contributed by atoms with Crippen LogP contribution in [0.5, 0.6) is 0 Å². The zero-order chi connectivity index (χ0) is 18.9. The molecule has 0 saturated carbocycles. The minimum absolute atomic E-state index is 0.0766. The Morgan fingerprint density at radius 2 is 1.92 bits per heavy atom. The van der Waals surface area contributed by atoms with Crippen molar-refractivity contribution >= 4 is 15.9 Å². The number of nitrogens with zero attached hydrogens (tertiary/aromatic N) is 2. The molecule has 0 aliphatic rings. The van der Waals surface area contributed by atoms with Gasteiger partial charge in [-0.3, -0.25) is 0 Å². The van der Waals surface area contributed by atoms with Crippen LogP contribution in [-0.4, -0.2) is 68.8 Å². The summed E-state index contributed by atoms with van der Waals surface area (Å²) < 4.78 is 29.5. The molecular weight excluding hydrogens is 342 g/mol. The van der Waals surface area contributed by atoms with E-state index in [0.29, 0.717) is 12.3 Å². The Bertz CT molecular complexity index is 595. The lowest BCUT2D eigenvalue weighted by Crippen LogP contribution is -2.47. The Kier molecular flexibility index (Phi) is 8.99. The Morgan fingerprint density at radius 3 is 2.44 bits per heavy atom. The van der Waals surface area contributed by atoms with E-state index >= 15 is 0 Å². The van der Waals surface area contributed by atoms with Crippen LogP contribution in [0.3, 0.4) is 0 Å². The lowest BCUT2D eigenvalue weighted by Gasteiger charge is -2.27. The molecule has 0 aliphatic heterocycles. The molecule has 0 saturated heterocycles. The van der Waals surface area contributed by atoms with E-state index in [1.54, 1.807) is 17.0 Å². The second-order valence-corrected chi connectivity index (χ2v) is 8.40. The average Bonchev–Trinajstić information content (AvgIpc) is 3.03. The van der Waals surface area contributed by atoms with Gasteiger partial charge in [0.15, 0.2) is 9.84 Å². The lowest BCUT2D eigenvalue weighted by molar-refractivity contribution is 0.185. The van der Waals surface area contributed by atoms with Gasteiger partial charge < -0.3 is 19.5 Å². The molecule has 0 atom stereocenters. The highest BCUT2D eigenvalue weighted by Crippen LogP contribution is 2.08. The second-order valence-electron chi connectivity index (χ2n) is 6.22. The normalized spacial score (nSPS) is 11.9. The number of sulfone groups is 1. The largest absolute Gasteiger partial charge is 0.468 e. The van der Waals surface area contributed by atoms with Crippen molar-refractivity contribution in [1.29, 1.82) is 0 Å². The average molecular weight is 374 g/mol. The zero-order valence-electron chi connectivity index (χ0n) is 15.7. The SMILES string of the molecule is CCN(CC)CCNC(=O)N(CCS(=O)(=O)Cc1ccco1)C(C)C. The molecule has 1 aromatic rings. The van der Waals surface area contributed by atoms with E-state index < -0.39 is 9.84 Å². The number of carbonyl (C=O) groups is 1.